The lowest BCUT2D eigenvalue weighted by Gasteiger charge is -2.21. The standard InChI is InChI=1S/C20H23F3N2O4S/c1-19(2,3)25-30(27,28)17-11-14(7-10-16(17)29-4)18(26)24-12-13-5-8-15(9-6-13)20(21,22)23/h5-11,25H,12H2,1-4H3,(H,24,26). The molecule has 0 atom stereocenters. The summed E-state index contributed by atoms with van der Waals surface area (Å²) in [4.78, 5) is 12.3. The van der Waals surface area contributed by atoms with E-state index in [0.29, 0.717) is 5.56 Å². The van der Waals surface area contributed by atoms with Gasteiger partial charge in [-0.1, -0.05) is 12.1 Å². The third kappa shape index (κ3) is 6.20. The van der Waals surface area contributed by atoms with Crippen LogP contribution < -0.4 is 14.8 Å². The van der Waals surface area contributed by atoms with Crippen LogP contribution in [0.4, 0.5) is 13.2 Å². The summed E-state index contributed by atoms with van der Waals surface area (Å²) in [5, 5.41) is 2.56. The van der Waals surface area contributed by atoms with Crippen molar-refractivity contribution in [3.63, 3.8) is 0 Å². The number of alkyl halides is 3. The van der Waals surface area contributed by atoms with Crippen molar-refractivity contribution >= 4 is 15.9 Å². The van der Waals surface area contributed by atoms with E-state index < -0.39 is 33.2 Å². The topological polar surface area (TPSA) is 84.5 Å². The minimum absolute atomic E-state index is 0.0225. The van der Waals surface area contributed by atoms with Crippen LogP contribution in [0.1, 0.15) is 42.3 Å². The summed E-state index contributed by atoms with van der Waals surface area (Å²) in [5.41, 5.74) is -0.997. The van der Waals surface area contributed by atoms with Crippen LogP contribution in [0, 0.1) is 0 Å². The highest BCUT2D eigenvalue weighted by Gasteiger charge is 2.30. The van der Waals surface area contributed by atoms with Gasteiger partial charge in [-0.3, -0.25) is 4.79 Å². The minimum atomic E-state index is -4.44. The largest absolute Gasteiger partial charge is 0.495 e. The highest BCUT2D eigenvalue weighted by atomic mass is 32.2. The summed E-state index contributed by atoms with van der Waals surface area (Å²) in [6.45, 7) is 5.01. The maximum atomic E-state index is 12.7. The number of carbonyl (C=O) groups excluding carboxylic acids is 1. The van der Waals surface area contributed by atoms with Gasteiger partial charge in [-0.05, 0) is 56.7 Å². The van der Waals surface area contributed by atoms with Gasteiger partial charge in [-0.15, -0.1) is 0 Å². The highest BCUT2D eigenvalue weighted by molar-refractivity contribution is 7.89. The lowest BCUT2D eigenvalue weighted by atomic mass is 10.1. The first kappa shape index (κ1) is 23.7. The van der Waals surface area contributed by atoms with Crippen LogP contribution in [-0.4, -0.2) is 27.0 Å². The zero-order valence-electron chi connectivity index (χ0n) is 16.9. The Kier molecular flexibility index (Phi) is 6.83. The van der Waals surface area contributed by atoms with Crippen LogP contribution in [0.3, 0.4) is 0 Å². The number of methoxy groups -OCH3 is 1. The zero-order valence-corrected chi connectivity index (χ0v) is 17.7. The molecule has 0 aromatic heterocycles. The van der Waals surface area contributed by atoms with E-state index in [2.05, 4.69) is 10.0 Å². The van der Waals surface area contributed by atoms with Gasteiger partial charge in [-0.25, -0.2) is 13.1 Å². The van der Waals surface area contributed by atoms with Crippen LogP contribution in [0.2, 0.25) is 0 Å². The van der Waals surface area contributed by atoms with Crippen molar-refractivity contribution in [1.82, 2.24) is 10.0 Å². The van der Waals surface area contributed by atoms with Crippen molar-refractivity contribution in [3.05, 3.63) is 59.2 Å². The van der Waals surface area contributed by atoms with Crippen LogP contribution in [0.5, 0.6) is 5.75 Å². The van der Waals surface area contributed by atoms with Gasteiger partial charge in [0.15, 0.2) is 0 Å². The van der Waals surface area contributed by atoms with Crippen molar-refractivity contribution in [2.75, 3.05) is 7.11 Å². The number of rotatable bonds is 6. The fraction of sp³-hybridized carbons (Fsp3) is 0.350. The smallest absolute Gasteiger partial charge is 0.416 e. The first-order valence-electron chi connectivity index (χ1n) is 8.89. The summed E-state index contributed by atoms with van der Waals surface area (Å²) < 4.78 is 70.8. The van der Waals surface area contributed by atoms with Crippen molar-refractivity contribution in [2.24, 2.45) is 0 Å². The fourth-order valence-corrected chi connectivity index (χ4v) is 4.20. The molecular formula is C20H23F3N2O4S. The Balaban J connectivity index is 2.20. The summed E-state index contributed by atoms with van der Waals surface area (Å²) >= 11 is 0. The summed E-state index contributed by atoms with van der Waals surface area (Å²) in [5.74, 6) is -0.504. The quantitative estimate of drug-likeness (QED) is 0.711. The third-order valence-electron chi connectivity index (χ3n) is 3.89. The van der Waals surface area contributed by atoms with E-state index in [1.54, 1.807) is 20.8 Å². The van der Waals surface area contributed by atoms with Gasteiger partial charge in [0.2, 0.25) is 10.0 Å². The molecule has 0 heterocycles. The van der Waals surface area contributed by atoms with Crippen LogP contribution >= 0.6 is 0 Å². The number of hydrogen-bond acceptors (Lipinski definition) is 4. The summed E-state index contributed by atoms with van der Waals surface area (Å²) in [6.07, 6.45) is -4.44. The molecule has 10 heteroatoms. The molecule has 0 spiro atoms. The molecule has 164 valence electrons. The number of hydrogen-bond donors (Lipinski definition) is 2. The van der Waals surface area contributed by atoms with Gasteiger partial charge in [0.25, 0.3) is 5.91 Å². The molecule has 2 aromatic carbocycles. The monoisotopic (exact) mass is 444 g/mol. The number of ether oxygens (including phenoxy) is 1. The second-order valence-electron chi connectivity index (χ2n) is 7.60. The minimum Gasteiger partial charge on any atom is -0.495 e. The summed E-state index contributed by atoms with van der Waals surface area (Å²) in [7, 11) is -2.65. The highest BCUT2D eigenvalue weighted by Crippen LogP contribution is 2.29. The number of benzene rings is 2. The first-order valence-corrected chi connectivity index (χ1v) is 10.4. The number of sulfonamides is 1. The Morgan fingerprint density at radius 3 is 2.13 bits per heavy atom. The van der Waals surface area contributed by atoms with E-state index in [4.69, 9.17) is 4.74 Å². The molecule has 0 saturated carbocycles. The average molecular weight is 444 g/mol. The molecule has 0 aliphatic heterocycles. The molecule has 0 radical (unpaired) electrons. The van der Waals surface area contributed by atoms with E-state index in [9.17, 15) is 26.4 Å². The third-order valence-corrected chi connectivity index (χ3v) is 5.67. The van der Waals surface area contributed by atoms with Gasteiger partial charge in [0.1, 0.15) is 10.6 Å². The molecule has 2 rings (SSSR count). The molecule has 30 heavy (non-hydrogen) atoms. The van der Waals surface area contributed by atoms with E-state index in [1.165, 1.54) is 37.4 Å². The SMILES string of the molecule is COc1ccc(C(=O)NCc2ccc(C(F)(F)F)cc2)cc1S(=O)(=O)NC(C)(C)C. The number of carbonyl (C=O) groups is 1. The molecule has 0 bridgehead atoms. The lowest BCUT2D eigenvalue weighted by molar-refractivity contribution is -0.137. The van der Waals surface area contributed by atoms with Crippen molar-refractivity contribution in [3.8, 4) is 5.75 Å². The predicted octanol–water partition coefficient (Wildman–Crippen LogP) is 3.72. The zero-order chi connectivity index (χ0) is 22.7. The van der Waals surface area contributed by atoms with Crippen molar-refractivity contribution in [2.45, 2.75) is 43.9 Å². The van der Waals surface area contributed by atoms with Gasteiger partial charge in [0, 0.05) is 17.6 Å². The number of halogens is 3. The maximum Gasteiger partial charge on any atom is 0.416 e. The van der Waals surface area contributed by atoms with Gasteiger partial charge >= 0.3 is 6.18 Å². The molecule has 0 unspecified atom stereocenters. The predicted molar refractivity (Wildman–Crippen MR) is 106 cm³/mol. The van der Waals surface area contributed by atoms with E-state index in [0.717, 1.165) is 12.1 Å². The van der Waals surface area contributed by atoms with Gasteiger partial charge in [-0.2, -0.15) is 13.2 Å². The summed E-state index contributed by atoms with van der Waals surface area (Å²) in [6, 6.07) is 8.34. The molecule has 1 amide bonds. The second-order valence-corrected chi connectivity index (χ2v) is 9.25. The number of nitrogens with one attached hydrogen (secondary N) is 2. The molecule has 0 aliphatic carbocycles. The Bertz CT molecular complexity index is 1010. The fourth-order valence-electron chi connectivity index (χ4n) is 2.58. The van der Waals surface area contributed by atoms with E-state index in [1.807, 2.05) is 0 Å². The van der Waals surface area contributed by atoms with Crippen molar-refractivity contribution in [1.29, 1.82) is 0 Å². The van der Waals surface area contributed by atoms with Gasteiger partial charge in [0.05, 0.1) is 12.7 Å². The molecule has 0 fully saturated rings. The molecule has 2 aromatic rings. The van der Waals surface area contributed by atoms with Crippen molar-refractivity contribution < 1.29 is 31.1 Å². The number of amides is 1. The average Bonchev–Trinajstić information content (AvgIpc) is 2.63. The second kappa shape index (κ2) is 8.65. The lowest BCUT2D eigenvalue weighted by Crippen LogP contribution is -2.40. The van der Waals surface area contributed by atoms with E-state index in [-0.39, 0.29) is 22.8 Å². The molecule has 2 N–H and O–H groups in total. The van der Waals surface area contributed by atoms with Crippen LogP contribution in [0.25, 0.3) is 0 Å². The van der Waals surface area contributed by atoms with Gasteiger partial charge < -0.3 is 10.1 Å². The molecule has 0 saturated heterocycles. The van der Waals surface area contributed by atoms with Crippen LogP contribution in [0.15, 0.2) is 47.4 Å². The normalized spacial score (nSPS) is 12.5. The molecule has 6 nitrogen and oxygen atoms in total. The Morgan fingerprint density at radius 2 is 1.63 bits per heavy atom. The Morgan fingerprint density at radius 1 is 1.03 bits per heavy atom. The molecular weight excluding hydrogens is 421 g/mol. The Hall–Kier alpha value is -2.59. The maximum absolute atomic E-state index is 12.7. The Labute approximate surface area is 173 Å². The first-order chi connectivity index (χ1) is 13.7. The van der Waals surface area contributed by atoms with Crippen LogP contribution in [-0.2, 0) is 22.7 Å². The molecule has 0 aliphatic rings. The van der Waals surface area contributed by atoms with E-state index >= 15 is 0 Å².